The predicted octanol–water partition coefficient (Wildman–Crippen LogP) is 0.566. The number of hydrogen-bond acceptors (Lipinski definition) is 3. The Hall–Kier alpha value is -1.55. The Morgan fingerprint density at radius 1 is 1.38 bits per heavy atom. The first-order chi connectivity index (χ1) is 6.20. The lowest BCUT2D eigenvalue weighted by molar-refractivity contribution is -0.136. The molecule has 0 heterocycles. The van der Waals surface area contributed by atoms with E-state index in [1.165, 1.54) is 0 Å². The number of phenols is 1. The van der Waals surface area contributed by atoms with Gasteiger partial charge in [0.25, 0.3) is 0 Å². The first-order valence-electron chi connectivity index (χ1n) is 3.89. The highest BCUT2D eigenvalue weighted by molar-refractivity contribution is 5.69. The predicted molar refractivity (Wildman–Crippen MR) is 47.4 cm³/mol. The molecular formula is C9H11NO3. The van der Waals surface area contributed by atoms with E-state index in [1.807, 2.05) is 0 Å². The summed E-state index contributed by atoms with van der Waals surface area (Å²) in [7, 11) is 0. The zero-order valence-electron chi connectivity index (χ0n) is 7.03. The third kappa shape index (κ3) is 3.13. The van der Waals surface area contributed by atoms with Crippen LogP contribution in [-0.4, -0.2) is 22.7 Å². The van der Waals surface area contributed by atoms with E-state index in [-0.39, 0.29) is 12.3 Å². The molecule has 0 aliphatic rings. The molecule has 0 spiro atoms. The van der Waals surface area contributed by atoms with Crippen LogP contribution in [-0.2, 0) is 11.3 Å². The number of rotatable bonds is 4. The fourth-order valence-electron chi connectivity index (χ4n) is 0.964. The highest BCUT2D eigenvalue weighted by Crippen LogP contribution is 2.14. The molecule has 13 heavy (non-hydrogen) atoms. The molecule has 0 unspecified atom stereocenters. The number of carboxylic acid groups (broad SMARTS) is 1. The zero-order chi connectivity index (χ0) is 9.68. The molecular weight excluding hydrogens is 170 g/mol. The monoisotopic (exact) mass is 181 g/mol. The van der Waals surface area contributed by atoms with Crippen LogP contribution in [0.3, 0.4) is 0 Å². The Labute approximate surface area is 75.8 Å². The molecule has 0 aliphatic heterocycles. The number of aliphatic carboxylic acids is 1. The number of benzene rings is 1. The van der Waals surface area contributed by atoms with Crippen molar-refractivity contribution in [1.82, 2.24) is 5.32 Å². The van der Waals surface area contributed by atoms with E-state index in [1.54, 1.807) is 24.3 Å². The van der Waals surface area contributed by atoms with E-state index in [0.717, 1.165) is 0 Å². The summed E-state index contributed by atoms with van der Waals surface area (Å²) in [5, 5.41) is 20.3. The molecule has 3 N–H and O–H groups in total. The standard InChI is InChI=1S/C9H11NO3/c11-8-4-2-1-3-7(8)5-10-6-9(12)13/h1-4,10-11H,5-6H2,(H,12,13). The molecule has 1 aromatic rings. The molecule has 0 fully saturated rings. The van der Waals surface area contributed by atoms with Crippen molar-refractivity contribution in [1.29, 1.82) is 0 Å². The van der Waals surface area contributed by atoms with Crippen molar-refractivity contribution in [2.45, 2.75) is 6.54 Å². The summed E-state index contributed by atoms with van der Waals surface area (Å²) in [6.45, 7) is 0.257. The first-order valence-corrected chi connectivity index (χ1v) is 3.89. The lowest BCUT2D eigenvalue weighted by Crippen LogP contribution is -2.21. The van der Waals surface area contributed by atoms with Crippen LogP contribution in [0.25, 0.3) is 0 Å². The summed E-state index contributed by atoms with van der Waals surface area (Å²) in [6, 6.07) is 6.81. The van der Waals surface area contributed by atoms with Gasteiger partial charge in [0.2, 0.25) is 0 Å². The first kappa shape index (κ1) is 9.54. The Morgan fingerprint density at radius 3 is 2.69 bits per heavy atom. The second-order valence-electron chi connectivity index (χ2n) is 2.63. The molecule has 0 radical (unpaired) electrons. The van der Waals surface area contributed by atoms with Gasteiger partial charge < -0.3 is 15.5 Å². The fourth-order valence-corrected chi connectivity index (χ4v) is 0.964. The van der Waals surface area contributed by atoms with Crippen molar-refractivity contribution in [3.63, 3.8) is 0 Å². The highest BCUT2D eigenvalue weighted by Gasteiger charge is 1.99. The van der Waals surface area contributed by atoms with Gasteiger partial charge in [-0.3, -0.25) is 4.79 Å². The van der Waals surface area contributed by atoms with Crippen LogP contribution < -0.4 is 5.32 Å². The number of aromatic hydroxyl groups is 1. The van der Waals surface area contributed by atoms with E-state index in [0.29, 0.717) is 12.1 Å². The summed E-state index contributed by atoms with van der Waals surface area (Å²) in [6.07, 6.45) is 0. The average Bonchev–Trinajstić information content (AvgIpc) is 2.08. The van der Waals surface area contributed by atoms with Crippen LogP contribution in [0.4, 0.5) is 0 Å². The van der Waals surface area contributed by atoms with Crippen molar-refractivity contribution in [3.8, 4) is 5.75 Å². The number of phenolic OH excluding ortho intramolecular Hbond substituents is 1. The second kappa shape index (κ2) is 4.47. The summed E-state index contributed by atoms with van der Waals surface area (Å²) in [5.74, 6) is -0.726. The maximum atomic E-state index is 10.1. The number of nitrogens with one attached hydrogen (secondary N) is 1. The smallest absolute Gasteiger partial charge is 0.317 e. The van der Waals surface area contributed by atoms with Crippen molar-refractivity contribution in [3.05, 3.63) is 29.8 Å². The lowest BCUT2D eigenvalue weighted by atomic mass is 10.2. The molecule has 70 valence electrons. The average molecular weight is 181 g/mol. The van der Waals surface area contributed by atoms with Crippen molar-refractivity contribution < 1.29 is 15.0 Å². The van der Waals surface area contributed by atoms with Gasteiger partial charge in [0, 0.05) is 12.1 Å². The summed E-state index contributed by atoms with van der Waals surface area (Å²) in [4.78, 5) is 10.1. The summed E-state index contributed by atoms with van der Waals surface area (Å²) < 4.78 is 0. The molecule has 0 bridgehead atoms. The summed E-state index contributed by atoms with van der Waals surface area (Å²) >= 11 is 0. The quantitative estimate of drug-likeness (QED) is 0.635. The molecule has 1 aromatic carbocycles. The zero-order valence-corrected chi connectivity index (χ0v) is 7.03. The molecule has 0 saturated heterocycles. The minimum atomic E-state index is -0.907. The molecule has 0 aliphatic carbocycles. The van der Waals surface area contributed by atoms with E-state index < -0.39 is 5.97 Å². The fraction of sp³-hybridized carbons (Fsp3) is 0.222. The van der Waals surface area contributed by atoms with Crippen LogP contribution in [0.2, 0.25) is 0 Å². The van der Waals surface area contributed by atoms with Crippen LogP contribution in [0.15, 0.2) is 24.3 Å². The maximum Gasteiger partial charge on any atom is 0.317 e. The van der Waals surface area contributed by atoms with Crippen LogP contribution in [0.1, 0.15) is 5.56 Å². The lowest BCUT2D eigenvalue weighted by Gasteiger charge is -2.03. The van der Waals surface area contributed by atoms with Gasteiger partial charge in [0.05, 0.1) is 6.54 Å². The Balaban J connectivity index is 2.45. The molecule has 0 aromatic heterocycles. The van der Waals surface area contributed by atoms with Gasteiger partial charge in [0.1, 0.15) is 5.75 Å². The Kier molecular flexibility index (Phi) is 3.28. The van der Waals surface area contributed by atoms with Gasteiger partial charge in [-0.15, -0.1) is 0 Å². The van der Waals surface area contributed by atoms with Crippen molar-refractivity contribution in [2.24, 2.45) is 0 Å². The van der Waals surface area contributed by atoms with E-state index in [9.17, 15) is 9.90 Å². The van der Waals surface area contributed by atoms with E-state index in [4.69, 9.17) is 5.11 Å². The second-order valence-corrected chi connectivity index (χ2v) is 2.63. The molecule has 4 heteroatoms. The van der Waals surface area contributed by atoms with Gasteiger partial charge in [-0.1, -0.05) is 18.2 Å². The Bertz CT molecular complexity index is 299. The number of carbonyl (C=O) groups is 1. The molecule has 0 atom stereocenters. The topological polar surface area (TPSA) is 69.6 Å². The minimum absolute atomic E-state index is 0.103. The van der Waals surface area contributed by atoms with Crippen LogP contribution in [0.5, 0.6) is 5.75 Å². The number of hydrogen-bond donors (Lipinski definition) is 3. The van der Waals surface area contributed by atoms with E-state index >= 15 is 0 Å². The largest absolute Gasteiger partial charge is 0.508 e. The SMILES string of the molecule is O=C(O)CNCc1ccccc1O. The third-order valence-corrected chi connectivity index (χ3v) is 1.58. The number of para-hydroxylation sites is 1. The third-order valence-electron chi connectivity index (χ3n) is 1.58. The highest BCUT2D eigenvalue weighted by atomic mass is 16.4. The number of carboxylic acids is 1. The van der Waals surface area contributed by atoms with Gasteiger partial charge >= 0.3 is 5.97 Å². The van der Waals surface area contributed by atoms with Crippen LogP contribution in [0, 0.1) is 0 Å². The molecule has 0 amide bonds. The van der Waals surface area contributed by atoms with Gasteiger partial charge in [-0.2, -0.15) is 0 Å². The minimum Gasteiger partial charge on any atom is -0.508 e. The van der Waals surface area contributed by atoms with E-state index in [2.05, 4.69) is 5.32 Å². The van der Waals surface area contributed by atoms with Crippen LogP contribution >= 0.6 is 0 Å². The van der Waals surface area contributed by atoms with Crippen molar-refractivity contribution >= 4 is 5.97 Å². The van der Waals surface area contributed by atoms with Gasteiger partial charge in [0.15, 0.2) is 0 Å². The normalized spacial score (nSPS) is 9.85. The summed E-state index contributed by atoms with van der Waals surface area (Å²) in [5.41, 5.74) is 0.698. The maximum absolute atomic E-state index is 10.1. The molecule has 4 nitrogen and oxygen atoms in total. The van der Waals surface area contributed by atoms with Gasteiger partial charge in [-0.25, -0.2) is 0 Å². The Morgan fingerprint density at radius 2 is 2.08 bits per heavy atom. The molecule has 0 saturated carbocycles. The molecule has 1 rings (SSSR count). The van der Waals surface area contributed by atoms with Gasteiger partial charge in [-0.05, 0) is 6.07 Å². The van der Waals surface area contributed by atoms with Crippen molar-refractivity contribution in [2.75, 3.05) is 6.54 Å².